The number of nitrogens with one attached hydrogen (secondary N) is 1. The second-order valence-corrected chi connectivity index (χ2v) is 16.0. The van der Waals surface area contributed by atoms with Crippen LogP contribution in [0.2, 0.25) is 5.02 Å². The van der Waals surface area contributed by atoms with E-state index in [0.29, 0.717) is 11.3 Å². The number of sulfonamides is 1. The molecular weight excluding hydrogens is 708 g/mol. The number of hydrogen-bond acceptors (Lipinski definition) is 9. The molecule has 0 aliphatic carbocycles. The van der Waals surface area contributed by atoms with E-state index < -0.39 is 39.6 Å². The van der Waals surface area contributed by atoms with Gasteiger partial charge < -0.3 is 19.5 Å². The highest BCUT2D eigenvalue weighted by molar-refractivity contribution is 7.90. The quantitative estimate of drug-likeness (QED) is 0.125. The second kappa shape index (κ2) is 18.8. The van der Waals surface area contributed by atoms with Crippen LogP contribution >= 0.6 is 11.6 Å². The van der Waals surface area contributed by atoms with Gasteiger partial charge in [0.2, 0.25) is 0 Å². The van der Waals surface area contributed by atoms with E-state index in [9.17, 15) is 22.8 Å². The van der Waals surface area contributed by atoms with Crippen molar-refractivity contribution in [3.8, 4) is 11.5 Å². The normalized spacial score (nSPS) is 16.6. The van der Waals surface area contributed by atoms with Crippen LogP contribution in [0.4, 0.5) is 16.2 Å². The summed E-state index contributed by atoms with van der Waals surface area (Å²) >= 11 is 6.37. The zero-order valence-corrected chi connectivity index (χ0v) is 32.6. The van der Waals surface area contributed by atoms with Crippen LogP contribution in [-0.2, 0) is 24.3 Å². The first-order valence-corrected chi connectivity index (χ1v) is 20.2. The van der Waals surface area contributed by atoms with Crippen LogP contribution in [-0.4, -0.2) is 73.8 Å². The molecule has 2 aliphatic rings. The highest BCUT2D eigenvalue weighted by atomic mass is 35.5. The Labute approximate surface area is 313 Å². The van der Waals surface area contributed by atoms with E-state index in [4.69, 9.17) is 25.8 Å². The maximum Gasteiger partial charge on any atom is 0.418 e. The van der Waals surface area contributed by atoms with Crippen molar-refractivity contribution in [2.75, 3.05) is 26.1 Å². The smallest absolute Gasteiger partial charge is 0.418 e. The van der Waals surface area contributed by atoms with Crippen LogP contribution in [0.3, 0.4) is 0 Å². The van der Waals surface area contributed by atoms with Gasteiger partial charge in [0.25, 0.3) is 21.8 Å². The topological polar surface area (TPSA) is 144 Å². The molecule has 2 heterocycles. The molecule has 0 saturated carbocycles. The first-order valence-electron chi connectivity index (χ1n) is 18.4. The van der Waals surface area contributed by atoms with Crippen LogP contribution in [0.25, 0.3) is 0 Å². The Hall–Kier alpha value is -3.84. The summed E-state index contributed by atoms with van der Waals surface area (Å²) in [6.07, 6.45) is 14.7. The van der Waals surface area contributed by atoms with Crippen molar-refractivity contribution in [2.45, 2.75) is 127 Å². The molecule has 2 aromatic rings. The van der Waals surface area contributed by atoms with Gasteiger partial charge in [-0.15, -0.1) is 0 Å². The van der Waals surface area contributed by atoms with E-state index in [1.807, 2.05) is 0 Å². The summed E-state index contributed by atoms with van der Waals surface area (Å²) in [6.45, 7) is 5.01. The first kappa shape index (κ1) is 40.9. The Kier molecular flexibility index (Phi) is 14.8. The first-order chi connectivity index (χ1) is 24.9. The van der Waals surface area contributed by atoms with Crippen molar-refractivity contribution in [1.82, 2.24) is 9.21 Å². The van der Waals surface area contributed by atoms with Gasteiger partial charge in [0.15, 0.2) is 17.5 Å². The molecule has 286 valence electrons. The molecule has 2 aromatic carbocycles. The Balaban J connectivity index is 1.55. The molecular formula is C38H53ClN4O8S. The minimum Gasteiger partial charge on any atom is -0.495 e. The monoisotopic (exact) mass is 760 g/mol. The van der Waals surface area contributed by atoms with Crippen LogP contribution in [0, 0.1) is 0 Å². The number of ether oxygens (including phenoxy) is 3. The number of carbonyl (C=O) groups excluding carboxylic acids is 3. The lowest BCUT2D eigenvalue weighted by Gasteiger charge is -2.35. The number of hydrogen-bond donors (Lipinski definition) is 1. The molecule has 1 saturated heterocycles. The molecule has 3 amide bonds. The predicted octanol–water partition coefficient (Wildman–Crippen LogP) is 8.64. The highest BCUT2D eigenvalue weighted by Gasteiger charge is 2.55. The molecule has 52 heavy (non-hydrogen) atoms. The lowest BCUT2D eigenvalue weighted by atomic mass is 10.0. The molecule has 1 fully saturated rings. The summed E-state index contributed by atoms with van der Waals surface area (Å²) in [7, 11) is -1.45. The van der Waals surface area contributed by atoms with Gasteiger partial charge >= 0.3 is 6.09 Å². The van der Waals surface area contributed by atoms with Gasteiger partial charge in [-0.2, -0.15) is 0 Å². The minimum atomic E-state index is -4.25. The van der Waals surface area contributed by atoms with E-state index in [0.717, 1.165) is 30.0 Å². The van der Waals surface area contributed by atoms with Crippen molar-refractivity contribution in [3.63, 3.8) is 0 Å². The number of halogens is 1. The lowest BCUT2D eigenvalue weighted by molar-refractivity contribution is -0.137. The standard InChI is InChI=1S/C38H53ClN4O8S/c1-6-7-8-9-10-11-12-13-14-15-16-17-18-21-24-42-34(40-28-22-19-20-23-32(28)52(42,47)48)33(43-36(45)38(2,3)51-37(43)46)35(44)41-29-25-27(39)30(49-4)26-31(29)50-5/h19-20,22-23,25-26,33H,6-18,21,24H2,1-5H3,(H,41,44). The maximum atomic E-state index is 14.4. The molecule has 0 spiro atoms. The van der Waals surface area contributed by atoms with Gasteiger partial charge in [-0.05, 0) is 38.5 Å². The predicted molar refractivity (Wildman–Crippen MR) is 202 cm³/mol. The molecule has 1 N–H and O–H groups in total. The summed E-state index contributed by atoms with van der Waals surface area (Å²) in [5, 5.41) is 2.83. The van der Waals surface area contributed by atoms with Crippen molar-refractivity contribution in [1.29, 1.82) is 0 Å². The number of nitrogens with zero attached hydrogens (tertiary/aromatic N) is 3. The van der Waals surface area contributed by atoms with Crippen molar-refractivity contribution >= 4 is 56.7 Å². The van der Waals surface area contributed by atoms with Gasteiger partial charge in [-0.3, -0.25) is 13.9 Å². The molecule has 2 aliphatic heterocycles. The summed E-state index contributed by atoms with van der Waals surface area (Å²) in [5.41, 5.74) is -1.43. The zero-order chi connectivity index (χ0) is 37.9. The molecule has 4 rings (SSSR count). The van der Waals surface area contributed by atoms with Gasteiger partial charge in [0.05, 0.1) is 30.6 Å². The van der Waals surface area contributed by atoms with Crippen molar-refractivity contribution in [3.05, 3.63) is 41.4 Å². The number of methoxy groups -OCH3 is 2. The van der Waals surface area contributed by atoms with E-state index >= 15 is 0 Å². The van der Waals surface area contributed by atoms with Gasteiger partial charge in [-0.1, -0.05) is 114 Å². The highest BCUT2D eigenvalue weighted by Crippen LogP contribution is 2.38. The lowest BCUT2D eigenvalue weighted by Crippen LogP contribution is -2.59. The van der Waals surface area contributed by atoms with E-state index in [1.165, 1.54) is 110 Å². The number of imide groups is 1. The van der Waals surface area contributed by atoms with E-state index in [2.05, 4.69) is 17.2 Å². The third-order valence-corrected chi connectivity index (χ3v) is 11.5. The Morgan fingerprint density at radius 1 is 0.885 bits per heavy atom. The molecule has 0 radical (unpaired) electrons. The van der Waals surface area contributed by atoms with Crippen LogP contribution in [0.15, 0.2) is 46.3 Å². The molecule has 12 nitrogen and oxygen atoms in total. The van der Waals surface area contributed by atoms with Crippen LogP contribution in [0.1, 0.15) is 111 Å². The fourth-order valence-electron chi connectivity index (χ4n) is 6.49. The van der Waals surface area contributed by atoms with Crippen molar-refractivity contribution in [2.24, 2.45) is 4.99 Å². The molecule has 0 aromatic heterocycles. The number of aliphatic imine (C=N–C) groups is 1. The van der Waals surface area contributed by atoms with Gasteiger partial charge in [0.1, 0.15) is 16.4 Å². The summed E-state index contributed by atoms with van der Waals surface area (Å²) in [6, 6.07) is 7.19. The van der Waals surface area contributed by atoms with Crippen LogP contribution < -0.4 is 14.8 Å². The van der Waals surface area contributed by atoms with Gasteiger partial charge in [0, 0.05) is 12.6 Å². The number of para-hydroxylation sites is 1. The van der Waals surface area contributed by atoms with E-state index in [-0.39, 0.29) is 45.2 Å². The largest absolute Gasteiger partial charge is 0.495 e. The molecule has 14 heteroatoms. The second-order valence-electron chi connectivity index (χ2n) is 13.7. The van der Waals surface area contributed by atoms with E-state index in [1.54, 1.807) is 12.1 Å². The zero-order valence-electron chi connectivity index (χ0n) is 31.0. The fraction of sp³-hybridized carbons (Fsp3) is 0.579. The fourth-order valence-corrected chi connectivity index (χ4v) is 8.35. The molecule has 1 atom stereocenters. The number of unbranched alkanes of at least 4 members (excludes halogenated alkanes) is 13. The Morgan fingerprint density at radius 3 is 1.98 bits per heavy atom. The van der Waals surface area contributed by atoms with Gasteiger partial charge in [-0.25, -0.2) is 23.1 Å². The van der Waals surface area contributed by atoms with Crippen molar-refractivity contribution < 1.29 is 37.0 Å². The number of amides is 3. The third kappa shape index (κ3) is 9.77. The summed E-state index contributed by atoms with van der Waals surface area (Å²) in [4.78, 5) is 46.6. The number of anilines is 1. The Morgan fingerprint density at radius 2 is 1.44 bits per heavy atom. The summed E-state index contributed by atoms with van der Waals surface area (Å²) in [5.74, 6) is -1.60. The number of benzene rings is 2. The maximum absolute atomic E-state index is 14.4. The molecule has 0 bridgehead atoms. The third-order valence-electron chi connectivity index (χ3n) is 9.39. The number of carbonyl (C=O) groups is 3. The SMILES string of the molecule is CCCCCCCCCCCCCCCCN1C(C(C(=O)Nc2cc(Cl)c(OC)cc2OC)N2C(=O)OC(C)(C)C2=O)=Nc2ccccc2S1(=O)=O. The Bertz CT molecular complexity index is 1710. The summed E-state index contributed by atoms with van der Waals surface area (Å²) < 4.78 is 45.6. The number of cyclic esters (lactones) is 1. The average Bonchev–Trinajstić information content (AvgIpc) is 3.31. The van der Waals surface area contributed by atoms with Crippen LogP contribution in [0.5, 0.6) is 11.5 Å². The number of fused-ring (bicyclic) bond motifs is 1. The minimum absolute atomic E-state index is 0.0184. The average molecular weight is 761 g/mol. The number of rotatable bonds is 21. The molecule has 1 unspecified atom stereocenters. The number of amidine groups is 1.